The first kappa shape index (κ1) is 11.6. The molecule has 1 heterocycles. The van der Waals surface area contributed by atoms with Crippen LogP contribution in [0.2, 0.25) is 0 Å². The van der Waals surface area contributed by atoms with E-state index in [1.165, 1.54) is 11.1 Å². The molecule has 1 aromatic carbocycles. The van der Waals surface area contributed by atoms with E-state index in [9.17, 15) is 4.79 Å². The topological polar surface area (TPSA) is 20.3 Å². The van der Waals surface area contributed by atoms with Gasteiger partial charge >= 0.3 is 0 Å². The first-order valence-electron chi connectivity index (χ1n) is 5.99. The third-order valence-electron chi connectivity index (χ3n) is 3.63. The summed E-state index contributed by atoms with van der Waals surface area (Å²) in [5.41, 5.74) is 3.40. The fourth-order valence-electron chi connectivity index (χ4n) is 2.51. The number of para-hydroxylation sites is 1. The number of hydrogen-bond acceptors (Lipinski definition) is 2. The molecular formula is C15H15NOS. The molecule has 2 nitrogen and oxygen atoms in total. The van der Waals surface area contributed by atoms with E-state index in [0.29, 0.717) is 0 Å². The molecule has 0 saturated carbocycles. The molecule has 18 heavy (non-hydrogen) atoms. The number of hydrogen-bond donors (Lipinski definition) is 0. The fraction of sp³-hybridized carbons (Fsp3) is 0.267. The van der Waals surface area contributed by atoms with E-state index in [4.69, 9.17) is 0 Å². The van der Waals surface area contributed by atoms with E-state index in [0.717, 1.165) is 10.6 Å². The van der Waals surface area contributed by atoms with Gasteiger partial charge in [0.05, 0.1) is 5.69 Å². The van der Waals surface area contributed by atoms with Crippen LogP contribution in [-0.2, 0) is 4.79 Å². The average Bonchev–Trinajstić information content (AvgIpc) is 2.63. The summed E-state index contributed by atoms with van der Waals surface area (Å²) in [7, 11) is 1.85. The highest BCUT2D eigenvalue weighted by molar-refractivity contribution is 8.02. The van der Waals surface area contributed by atoms with Gasteiger partial charge in [-0.25, -0.2) is 0 Å². The molecule has 1 spiro atoms. The summed E-state index contributed by atoms with van der Waals surface area (Å²) in [6.07, 6.45) is 4.17. The van der Waals surface area contributed by atoms with Crippen molar-refractivity contribution < 1.29 is 4.79 Å². The first-order valence-corrected chi connectivity index (χ1v) is 6.81. The zero-order chi connectivity index (χ0) is 12.9. The van der Waals surface area contributed by atoms with Gasteiger partial charge in [-0.1, -0.05) is 47.2 Å². The minimum Gasteiger partial charge on any atom is -0.313 e. The number of nitrogens with zero attached hydrogens (tertiary/aromatic N) is 1. The molecule has 0 radical (unpaired) electrons. The highest BCUT2D eigenvalue weighted by Crippen LogP contribution is 2.49. The summed E-state index contributed by atoms with van der Waals surface area (Å²) in [5, 5.41) is 0. The SMILES string of the molecule is CC1=CC2(C=C1C)Sc1ccccc1N(C)C2=O. The minimum absolute atomic E-state index is 0.141. The summed E-state index contributed by atoms with van der Waals surface area (Å²) in [6.45, 7) is 4.13. The predicted octanol–water partition coefficient (Wildman–Crippen LogP) is 3.40. The van der Waals surface area contributed by atoms with Crippen LogP contribution < -0.4 is 4.90 Å². The van der Waals surface area contributed by atoms with Crippen LogP contribution in [0.3, 0.4) is 0 Å². The van der Waals surface area contributed by atoms with Crippen LogP contribution in [0, 0.1) is 0 Å². The van der Waals surface area contributed by atoms with Crippen LogP contribution in [0.15, 0.2) is 52.5 Å². The number of carbonyl (C=O) groups excluding carboxylic acids is 1. The summed E-state index contributed by atoms with van der Waals surface area (Å²) < 4.78 is -0.530. The second kappa shape index (κ2) is 3.75. The van der Waals surface area contributed by atoms with Crippen LogP contribution in [0.4, 0.5) is 5.69 Å². The first-order chi connectivity index (χ1) is 8.53. The molecule has 1 aromatic rings. The lowest BCUT2D eigenvalue weighted by Crippen LogP contribution is -2.45. The zero-order valence-corrected chi connectivity index (χ0v) is 11.5. The Bertz CT molecular complexity index is 582. The second-order valence-electron chi connectivity index (χ2n) is 4.88. The van der Waals surface area contributed by atoms with Crippen LogP contribution >= 0.6 is 11.8 Å². The smallest absolute Gasteiger partial charge is 0.251 e. The molecule has 0 fully saturated rings. The van der Waals surface area contributed by atoms with Crippen molar-refractivity contribution in [1.29, 1.82) is 0 Å². The summed E-state index contributed by atoms with van der Waals surface area (Å²) in [6, 6.07) is 8.06. The third-order valence-corrected chi connectivity index (χ3v) is 4.94. The van der Waals surface area contributed by atoms with Crippen molar-refractivity contribution in [1.82, 2.24) is 0 Å². The predicted molar refractivity (Wildman–Crippen MR) is 76.0 cm³/mol. The number of anilines is 1. The largest absolute Gasteiger partial charge is 0.313 e. The Morgan fingerprint density at radius 1 is 1.11 bits per heavy atom. The second-order valence-corrected chi connectivity index (χ2v) is 6.20. The number of amides is 1. The van der Waals surface area contributed by atoms with Gasteiger partial charge in [0.15, 0.2) is 0 Å². The molecular weight excluding hydrogens is 242 g/mol. The highest BCUT2D eigenvalue weighted by Gasteiger charge is 2.45. The molecule has 2 aliphatic rings. The fourth-order valence-corrected chi connectivity index (χ4v) is 4.03. The van der Waals surface area contributed by atoms with Crippen LogP contribution in [0.5, 0.6) is 0 Å². The van der Waals surface area contributed by atoms with Gasteiger partial charge in [-0.3, -0.25) is 4.79 Å². The number of thioether (sulfide) groups is 1. The Hall–Kier alpha value is -1.48. The van der Waals surface area contributed by atoms with Crippen molar-refractivity contribution in [3.8, 4) is 0 Å². The van der Waals surface area contributed by atoms with Crippen molar-refractivity contribution in [2.24, 2.45) is 0 Å². The minimum atomic E-state index is -0.530. The van der Waals surface area contributed by atoms with E-state index in [1.807, 2.05) is 25.2 Å². The van der Waals surface area contributed by atoms with E-state index in [2.05, 4.69) is 32.1 Å². The van der Waals surface area contributed by atoms with Crippen molar-refractivity contribution in [3.05, 3.63) is 47.6 Å². The molecule has 0 atom stereocenters. The summed E-state index contributed by atoms with van der Waals surface area (Å²) in [5.74, 6) is 0.141. The Morgan fingerprint density at radius 2 is 1.72 bits per heavy atom. The summed E-state index contributed by atoms with van der Waals surface area (Å²) in [4.78, 5) is 15.5. The Morgan fingerprint density at radius 3 is 2.39 bits per heavy atom. The van der Waals surface area contributed by atoms with E-state index in [-0.39, 0.29) is 5.91 Å². The molecule has 92 valence electrons. The molecule has 0 N–H and O–H groups in total. The van der Waals surface area contributed by atoms with E-state index >= 15 is 0 Å². The summed E-state index contributed by atoms with van der Waals surface area (Å²) >= 11 is 1.64. The lowest BCUT2D eigenvalue weighted by atomic mass is 10.1. The van der Waals surface area contributed by atoms with Gasteiger partial charge in [-0.05, 0) is 26.0 Å². The Balaban J connectivity index is 2.16. The van der Waals surface area contributed by atoms with Gasteiger partial charge in [0.25, 0.3) is 5.91 Å². The maximum Gasteiger partial charge on any atom is 0.251 e. The zero-order valence-electron chi connectivity index (χ0n) is 10.7. The highest BCUT2D eigenvalue weighted by atomic mass is 32.2. The van der Waals surface area contributed by atoms with Crippen LogP contribution in [0.1, 0.15) is 13.8 Å². The van der Waals surface area contributed by atoms with Crippen LogP contribution in [0.25, 0.3) is 0 Å². The standard InChI is InChI=1S/C15H15NOS/c1-10-8-15(9-11(10)2)14(17)16(3)12-6-4-5-7-13(12)18-15/h4-9H,1-3H3. The van der Waals surface area contributed by atoms with E-state index < -0.39 is 4.75 Å². The number of fused-ring (bicyclic) bond motifs is 1. The number of carbonyl (C=O) groups is 1. The average molecular weight is 257 g/mol. The van der Waals surface area contributed by atoms with Gasteiger partial charge in [0.1, 0.15) is 4.75 Å². The number of rotatable bonds is 0. The molecule has 0 bridgehead atoms. The number of benzene rings is 1. The van der Waals surface area contributed by atoms with Gasteiger partial charge in [-0.2, -0.15) is 0 Å². The maximum atomic E-state index is 12.6. The van der Waals surface area contributed by atoms with Gasteiger partial charge < -0.3 is 4.90 Å². The molecule has 1 aliphatic carbocycles. The van der Waals surface area contributed by atoms with E-state index in [1.54, 1.807) is 16.7 Å². The molecule has 0 aromatic heterocycles. The monoisotopic (exact) mass is 257 g/mol. The molecule has 3 heteroatoms. The quantitative estimate of drug-likeness (QED) is 0.710. The molecule has 0 unspecified atom stereocenters. The van der Waals surface area contributed by atoms with Crippen LogP contribution in [-0.4, -0.2) is 17.7 Å². The van der Waals surface area contributed by atoms with Gasteiger partial charge in [-0.15, -0.1) is 0 Å². The van der Waals surface area contributed by atoms with Crippen molar-refractivity contribution >= 4 is 23.4 Å². The molecule has 3 rings (SSSR count). The van der Waals surface area contributed by atoms with Gasteiger partial charge in [0.2, 0.25) is 0 Å². The molecule has 1 aliphatic heterocycles. The van der Waals surface area contributed by atoms with Crippen molar-refractivity contribution in [2.45, 2.75) is 23.5 Å². The normalized spacial score (nSPS) is 20.8. The molecule has 0 saturated heterocycles. The maximum absolute atomic E-state index is 12.6. The van der Waals surface area contributed by atoms with Crippen molar-refractivity contribution in [3.63, 3.8) is 0 Å². The lowest BCUT2D eigenvalue weighted by molar-refractivity contribution is -0.118. The van der Waals surface area contributed by atoms with Gasteiger partial charge in [0, 0.05) is 11.9 Å². The Kier molecular flexibility index (Phi) is 2.42. The Labute approximate surface area is 111 Å². The van der Waals surface area contributed by atoms with Crippen molar-refractivity contribution in [2.75, 3.05) is 11.9 Å². The lowest BCUT2D eigenvalue weighted by Gasteiger charge is -2.36. The molecule has 1 amide bonds. The third kappa shape index (κ3) is 1.47. The number of allylic oxidation sites excluding steroid dienone is 2.